The summed E-state index contributed by atoms with van der Waals surface area (Å²) >= 11 is 1.83. The van der Waals surface area contributed by atoms with Gasteiger partial charge in [-0.05, 0) is 38.2 Å². The Hall–Kier alpha value is -0.300. The Morgan fingerprint density at radius 2 is 2.00 bits per heavy atom. The fourth-order valence-electron chi connectivity index (χ4n) is 2.62. The molecule has 0 spiro atoms. The molecule has 3 unspecified atom stereocenters. The van der Waals surface area contributed by atoms with Crippen LogP contribution < -0.4 is 5.32 Å². The molecular weight excluding hydrogens is 288 g/mol. The maximum atomic E-state index is 11.8. The van der Waals surface area contributed by atoms with Crippen LogP contribution in [0.15, 0.2) is 0 Å². The number of nitrogens with one attached hydrogen (secondary N) is 1. The molecule has 3 N–H and O–H groups in total. The predicted molar refractivity (Wildman–Crippen MR) is 87.5 cm³/mol. The van der Waals surface area contributed by atoms with E-state index in [-0.39, 0.29) is 11.9 Å². The second-order valence-electron chi connectivity index (χ2n) is 5.54. The molecule has 0 aromatic heterocycles. The fraction of sp³-hybridized carbons (Fsp3) is 0.933. The van der Waals surface area contributed by atoms with Crippen LogP contribution in [0.2, 0.25) is 0 Å². The van der Waals surface area contributed by atoms with Gasteiger partial charge in [0.15, 0.2) is 0 Å². The van der Waals surface area contributed by atoms with Crippen molar-refractivity contribution in [2.75, 3.05) is 31.1 Å². The summed E-state index contributed by atoms with van der Waals surface area (Å²) in [4.78, 5) is 13.7. The van der Waals surface area contributed by atoms with Gasteiger partial charge in [0.25, 0.3) is 0 Å². The van der Waals surface area contributed by atoms with Crippen LogP contribution >= 0.6 is 11.8 Å². The smallest absolute Gasteiger partial charge is 0.222 e. The van der Waals surface area contributed by atoms with Crippen molar-refractivity contribution in [2.24, 2.45) is 0 Å². The number of rotatable bonds is 9. The van der Waals surface area contributed by atoms with Crippen molar-refractivity contribution in [1.29, 1.82) is 0 Å². The molecule has 1 rings (SSSR count). The normalized spacial score (nSPS) is 25.8. The van der Waals surface area contributed by atoms with E-state index in [1.54, 1.807) is 0 Å². The Kier molecular flexibility index (Phi) is 9.31. The summed E-state index contributed by atoms with van der Waals surface area (Å²) in [6, 6.07) is 0.0956. The van der Waals surface area contributed by atoms with Crippen molar-refractivity contribution in [2.45, 2.75) is 57.8 Å². The van der Waals surface area contributed by atoms with Gasteiger partial charge in [0.05, 0.1) is 12.2 Å². The highest BCUT2D eigenvalue weighted by Gasteiger charge is 2.26. The van der Waals surface area contributed by atoms with Gasteiger partial charge in [-0.2, -0.15) is 11.8 Å². The van der Waals surface area contributed by atoms with Crippen LogP contribution in [0.1, 0.15) is 39.5 Å². The lowest BCUT2D eigenvalue weighted by Gasteiger charge is -2.31. The van der Waals surface area contributed by atoms with Crippen LogP contribution in [-0.2, 0) is 4.79 Å². The molecule has 1 aliphatic rings. The maximum absolute atomic E-state index is 11.8. The number of aliphatic hydroxyl groups excluding tert-OH is 2. The van der Waals surface area contributed by atoms with Crippen molar-refractivity contribution < 1.29 is 15.0 Å². The van der Waals surface area contributed by atoms with E-state index in [2.05, 4.69) is 5.32 Å². The van der Waals surface area contributed by atoms with Crippen molar-refractivity contribution in [1.82, 2.24) is 10.2 Å². The number of thioether (sulfide) groups is 1. The first-order valence-electron chi connectivity index (χ1n) is 8.03. The van der Waals surface area contributed by atoms with Crippen LogP contribution in [0.3, 0.4) is 0 Å². The summed E-state index contributed by atoms with van der Waals surface area (Å²) in [5.41, 5.74) is 0. The second kappa shape index (κ2) is 10.4. The minimum absolute atomic E-state index is 0.0956. The molecule has 0 saturated carbocycles. The number of hydrogen-bond donors (Lipinski definition) is 3. The largest absolute Gasteiger partial charge is 0.392 e. The molecule has 1 aliphatic heterocycles. The van der Waals surface area contributed by atoms with E-state index < -0.39 is 12.2 Å². The molecule has 1 heterocycles. The van der Waals surface area contributed by atoms with Crippen molar-refractivity contribution in [3.05, 3.63) is 0 Å². The van der Waals surface area contributed by atoms with Crippen LogP contribution in [0.5, 0.6) is 0 Å². The number of β-amino-alcohol motifs (C(OH)–C–C–N with tert-alkyl or cyclic N) is 1. The summed E-state index contributed by atoms with van der Waals surface area (Å²) in [7, 11) is 0. The summed E-state index contributed by atoms with van der Waals surface area (Å²) in [6.07, 6.45) is 2.06. The molecule has 1 fully saturated rings. The molecule has 0 aromatic rings. The average Bonchev–Trinajstić information content (AvgIpc) is 2.46. The van der Waals surface area contributed by atoms with E-state index in [1.165, 1.54) is 0 Å². The first kappa shape index (κ1) is 18.7. The lowest BCUT2D eigenvalue weighted by Crippen LogP contribution is -2.50. The van der Waals surface area contributed by atoms with E-state index in [4.69, 9.17) is 0 Å². The van der Waals surface area contributed by atoms with Crippen molar-refractivity contribution >= 4 is 17.7 Å². The van der Waals surface area contributed by atoms with E-state index in [1.807, 2.05) is 30.5 Å². The number of hydrogen-bond acceptors (Lipinski definition) is 5. The van der Waals surface area contributed by atoms with Gasteiger partial charge in [-0.1, -0.05) is 0 Å². The first-order chi connectivity index (χ1) is 10.1. The maximum Gasteiger partial charge on any atom is 0.222 e. The van der Waals surface area contributed by atoms with E-state index >= 15 is 0 Å². The highest BCUT2D eigenvalue weighted by atomic mass is 32.2. The molecule has 124 valence electrons. The zero-order chi connectivity index (χ0) is 15.7. The average molecular weight is 318 g/mol. The molecular formula is C15H30N2O3S. The van der Waals surface area contributed by atoms with E-state index in [0.717, 1.165) is 37.4 Å². The first-order valence-corrected chi connectivity index (χ1v) is 9.18. The zero-order valence-corrected chi connectivity index (χ0v) is 14.1. The van der Waals surface area contributed by atoms with E-state index in [9.17, 15) is 15.0 Å². The Morgan fingerprint density at radius 3 is 2.62 bits per heavy atom. The van der Waals surface area contributed by atoms with Crippen LogP contribution in [0.4, 0.5) is 0 Å². The lowest BCUT2D eigenvalue weighted by molar-refractivity contribution is -0.130. The Labute approximate surface area is 132 Å². The third kappa shape index (κ3) is 7.00. The molecule has 0 bridgehead atoms. The molecule has 5 nitrogen and oxygen atoms in total. The molecule has 21 heavy (non-hydrogen) atoms. The quantitative estimate of drug-likeness (QED) is 0.550. The number of carbonyl (C=O) groups is 1. The summed E-state index contributed by atoms with van der Waals surface area (Å²) in [6.45, 7) is 6.18. The van der Waals surface area contributed by atoms with E-state index in [0.29, 0.717) is 19.4 Å². The minimum atomic E-state index is -0.446. The SMILES string of the molecule is CCN(CC)C(=O)CCCSCCC1NCC(O)CC1O. The molecule has 0 aromatic carbocycles. The van der Waals surface area contributed by atoms with Crippen molar-refractivity contribution in [3.63, 3.8) is 0 Å². The number of amides is 1. The number of carbonyl (C=O) groups excluding carboxylic acids is 1. The molecule has 3 atom stereocenters. The number of nitrogens with zero attached hydrogens (tertiary/aromatic N) is 1. The molecule has 0 radical (unpaired) electrons. The molecule has 1 saturated heterocycles. The van der Waals surface area contributed by atoms with Crippen molar-refractivity contribution in [3.8, 4) is 0 Å². The zero-order valence-electron chi connectivity index (χ0n) is 13.3. The van der Waals surface area contributed by atoms with Crippen LogP contribution in [0.25, 0.3) is 0 Å². The number of piperidine rings is 1. The van der Waals surface area contributed by atoms with Gasteiger partial charge in [0, 0.05) is 38.5 Å². The van der Waals surface area contributed by atoms with Gasteiger partial charge in [-0.3, -0.25) is 4.79 Å². The molecule has 6 heteroatoms. The third-order valence-electron chi connectivity index (χ3n) is 3.96. The lowest BCUT2D eigenvalue weighted by atomic mass is 9.98. The summed E-state index contributed by atoms with van der Waals surface area (Å²) in [5, 5.41) is 22.4. The summed E-state index contributed by atoms with van der Waals surface area (Å²) < 4.78 is 0. The van der Waals surface area contributed by atoms with Gasteiger partial charge < -0.3 is 20.4 Å². The standard InChI is InChI=1S/C15H30N2O3S/c1-3-17(4-2)15(20)6-5-8-21-9-7-13-14(19)10-12(18)11-16-13/h12-14,16,18-19H,3-11H2,1-2H3. The fourth-order valence-corrected chi connectivity index (χ4v) is 3.59. The van der Waals surface area contributed by atoms with Gasteiger partial charge >= 0.3 is 0 Å². The van der Waals surface area contributed by atoms with Gasteiger partial charge in [-0.25, -0.2) is 0 Å². The van der Waals surface area contributed by atoms with Gasteiger partial charge in [-0.15, -0.1) is 0 Å². The molecule has 1 amide bonds. The highest BCUT2D eigenvalue weighted by molar-refractivity contribution is 7.99. The van der Waals surface area contributed by atoms with Gasteiger partial charge in [0.2, 0.25) is 5.91 Å². The monoisotopic (exact) mass is 318 g/mol. The predicted octanol–water partition coefficient (Wildman–Crippen LogP) is 0.842. The second-order valence-corrected chi connectivity index (χ2v) is 6.77. The minimum Gasteiger partial charge on any atom is -0.392 e. The Balaban J connectivity index is 2.03. The Bertz CT molecular complexity index is 301. The molecule has 0 aliphatic carbocycles. The number of aliphatic hydroxyl groups is 2. The third-order valence-corrected chi connectivity index (χ3v) is 5.06. The van der Waals surface area contributed by atoms with Gasteiger partial charge in [0.1, 0.15) is 0 Å². The highest BCUT2D eigenvalue weighted by Crippen LogP contribution is 2.15. The van der Waals surface area contributed by atoms with Crippen LogP contribution in [-0.4, -0.2) is 70.4 Å². The Morgan fingerprint density at radius 1 is 1.29 bits per heavy atom. The van der Waals surface area contributed by atoms with Crippen LogP contribution in [0, 0.1) is 0 Å². The summed E-state index contributed by atoms with van der Waals surface area (Å²) in [5.74, 6) is 2.21. The topological polar surface area (TPSA) is 72.8 Å².